The first-order valence-corrected chi connectivity index (χ1v) is 5.58. The Hall–Kier alpha value is -1.55. The Labute approximate surface area is 105 Å². The molecular weight excluding hydrogens is 242 g/mol. The number of halogens is 1. The first-order valence-electron chi connectivity index (χ1n) is 5.20. The number of nitrogens with one attached hydrogen (secondary N) is 1. The van der Waals surface area contributed by atoms with Crippen LogP contribution in [0, 0.1) is 0 Å². The number of ether oxygens (including phenoxy) is 1. The predicted octanol–water partition coefficient (Wildman–Crippen LogP) is 1.56. The zero-order valence-electron chi connectivity index (χ0n) is 9.53. The Morgan fingerprint density at radius 1 is 1.35 bits per heavy atom. The van der Waals surface area contributed by atoms with Crippen LogP contribution in [0.2, 0.25) is 5.02 Å². The lowest BCUT2D eigenvalue weighted by atomic mass is 10.1. The van der Waals surface area contributed by atoms with Gasteiger partial charge in [-0.3, -0.25) is 9.59 Å². The van der Waals surface area contributed by atoms with Gasteiger partial charge in [0, 0.05) is 11.6 Å². The highest BCUT2D eigenvalue weighted by molar-refractivity contribution is 6.31. The van der Waals surface area contributed by atoms with E-state index in [1.165, 1.54) is 7.11 Å². The van der Waals surface area contributed by atoms with E-state index in [4.69, 9.17) is 11.6 Å². The number of hydrogen-bond donors (Lipinski definition) is 1. The van der Waals surface area contributed by atoms with Crippen molar-refractivity contribution in [2.45, 2.75) is 12.8 Å². The molecule has 0 aromatic heterocycles. The molecule has 17 heavy (non-hydrogen) atoms. The molecule has 5 heteroatoms. The van der Waals surface area contributed by atoms with Crippen molar-refractivity contribution >= 4 is 23.5 Å². The van der Waals surface area contributed by atoms with E-state index in [0.29, 0.717) is 5.02 Å². The lowest BCUT2D eigenvalue weighted by molar-refractivity contribution is -0.140. The Balaban J connectivity index is 2.35. The molecule has 1 aromatic carbocycles. The van der Waals surface area contributed by atoms with Gasteiger partial charge < -0.3 is 10.1 Å². The third-order valence-corrected chi connectivity index (χ3v) is 2.56. The maximum absolute atomic E-state index is 11.5. The van der Waals surface area contributed by atoms with Crippen molar-refractivity contribution < 1.29 is 14.3 Å². The second-order valence-electron chi connectivity index (χ2n) is 3.44. The fraction of sp³-hybridized carbons (Fsp3) is 0.333. The van der Waals surface area contributed by atoms with E-state index in [1.54, 1.807) is 18.2 Å². The van der Waals surface area contributed by atoms with Gasteiger partial charge in [-0.2, -0.15) is 0 Å². The second kappa shape index (κ2) is 6.91. The maximum atomic E-state index is 11.5. The van der Waals surface area contributed by atoms with Gasteiger partial charge in [0.1, 0.15) is 0 Å². The summed E-state index contributed by atoms with van der Waals surface area (Å²) in [5.74, 6) is -0.509. The van der Waals surface area contributed by atoms with Crippen molar-refractivity contribution in [3.05, 3.63) is 34.9 Å². The van der Waals surface area contributed by atoms with Gasteiger partial charge in [0.2, 0.25) is 5.91 Å². The molecule has 0 saturated heterocycles. The molecular formula is C12H14ClNO3. The highest BCUT2D eigenvalue weighted by Gasteiger charge is 2.07. The van der Waals surface area contributed by atoms with Crippen LogP contribution in [-0.2, 0) is 20.7 Å². The highest BCUT2D eigenvalue weighted by atomic mass is 35.5. The Morgan fingerprint density at radius 3 is 2.71 bits per heavy atom. The minimum absolute atomic E-state index is 0.165. The monoisotopic (exact) mass is 255 g/mol. The fourth-order valence-corrected chi connectivity index (χ4v) is 1.49. The molecule has 0 aliphatic rings. The second-order valence-corrected chi connectivity index (χ2v) is 3.85. The fourth-order valence-electron chi connectivity index (χ4n) is 1.28. The molecule has 1 amide bonds. The number of methoxy groups -OCH3 is 1. The Bertz CT molecular complexity index is 406. The SMILES string of the molecule is COC(=O)CCNC(=O)Cc1ccccc1Cl. The number of benzene rings is 1. The van der Waals surface area contributed by atoms with Crippen LogP contribution in [0.3, 0.4) is 0 Å². The molecule has 1 rings (SSSR count). The van der Waals surface area contributed by atoms with Gasteiger partial charge in [0.05, 0.1) is 20.0 Å². The number of rotatable bonds is 5. The van der Waals surface area contributed by atoms with Crippen molar-refractivity contribution in [1.82, 2.24) is 5.32 Å². The summed E-state index contributed by atoms with van der Waals surface area (Å²) >= 11 is 5.92. The summed E-state index contributed by atoms with van der Waals surface area (Å²) < 4.78 is 4.46. The van der Waals surface area contributed by atoms with E-state index < -0.39 is 0 Å². The van der Waals surface area contributed by atoms with Gasteiger partial charge in [-0.1, -0.05) is 29.8 Å². The number of hydrogen-bond acceptors (Lipinski definition) is 3. The average Bonchev–Trinajstić information content (AvgIpc) is 2.32. The van der Waals surface area contributed by atoms with Gasteiger partial charge in [-0.25, -0.2) is 0 Å². The summed E-state index contributed by atoms with van der Waals surface area (Å²) in [6.45, 7) is 0.274. The molecule has 1 N–H and O–H groups in total. The van der Waals surface area contributed by atoms with E-state index in [0.717, 1.165) is 5.56 Å². The molecule has 0 atom stereocenters. The first kappa shape index (κ1) is 13.5. The number of carbonyl (C=O) groups is 2. The normalized spacial score (nSPS) is 9.76. The van der Waals surface area contributed by atoms with Gasteiger partial charge in [0.15, 0.2) is 0 Å². The molecule has 0 fully saturated rings. The van der Waals surface area contributed by atoms with Crippen molar-refractivity contribution in [2.24, 2.45) is 0 Å². The number of amides is 1. The third-order valence-electron chi connectivity index (χ3n) is 2.19. The standard InChI is InChI=1S/C12H14ClNO3/c1-17-12(16)6-7-14-11(15)8-9-4-2-3-5-10(9)13/h2-5H,6-8H2,1H3,(H,14,15). The van der Waals surface area contributed by atoms with Crippen LogP contribution in [0.1, 0.15) is 12.0 Å². The zero-order valence-corrected chi connectivity index (χ0v) is 10.3. The summed E-state index contributed by atoms with van der Waals surface area (Å²) in [7, 11) is 1.31. The van der Waals surface area contributed by atoms with Gasteiger partial charge >= 0.3 is 5.97 Å². The summed E-state index contributed by atoms with van der Waals surface area (Å²) in [6.07, 6.45) is 0.381. The van der Waals surface area contributed by atoms with E-state index in [2.05, 4.69) is 10.1 Å². The molecule has 0 heterocycles. The average molecular weight is 256 g/mol. The summed E-state index contributed by atoms with van der Waals surface area (Å²) in [4.78, 5) is 22.3. The molecule has 0 aliphatic heterocycles. The topological polar surface area (TPSA) is 55.4 Å². The molecule has 0 spiro atoms. The largest absolute Gasteiger partial charge is 0.469 e. The van der Waals surface area contributed by atoms with Gasteiger partial charge in [0.25, 0.3) is 0 Å². The number of carbonyl (C=O) groups excluding carboxylic acids is 2. The van der Waals surface area contributed by atoms with Crippen LogP contribution in [0.15, 0.2) is 24.3 Å². The van der Waals surface area contributed by atoms with Gasteiger partial charge in [-0.15, -0.1) is 0 Å². The molecule has 92 valence electrons. The quantitative estimate of drug-likeness (QED) is 0.813. The van der Waals surface area contributed by atoms with Crippen molar-refractivity contribution in [3.8, 4) is 0 Å². The number of esters is 1. The highest BCUT2D eigenvalue weighted by Crippen LogP contribution is 2.15. The lowest BCUT2D eigenvalue weighted by Gasteiger charge is -2.05. The molecule has 0 radical (unpaired) electrons. The smallest absolute Gasteiger partial charge is 0.307 e. The van der Waals surface area contributed by atoms with E-state index in [-0.39, 0.29) is 31.3 Å². The molecule has 0 saturated carbocycles. The molecule has 1 aromatic rings. The van der Waals surface area contributed by atoms with Crippen molar-refractivity contribution in [1.29, 1.82) is 0 Å². The molecule has 0 aliphatic carbocycles. The zero-order chi connectivity index (χ0) is 12.7. The lowest BCUT2D eigenvalue weighted by Crippen LogP contribution is -2.27. The van der Waals surface area contributed by atoms with Crippen LogP contribution in [0.4, 0.5) is 0 Å². The Kier molecular flexibility index (Phi) is 5.49. The van der Waals surface area contributed by atoms with E-state index in [9.17, 15) is 9.59 Å². The van der Waals surface area contributed by atoms with Crippen LogP contribution < -0.4 is 5.32 Å². The van der Waals surface area contributed by atoms with Crippen LogP contribution in [0.5, 0.6) is 0 Å². The van der Waals surface area contributed by atoms with E-state index in [1.807, 2.05) is 6.07 Å². The molecule has 0 unspecified atom stereocenters. The summed E-state index contributed by atoms with van der Waals surface area (Å²) in [5.41, 5.74) is 0.768. The Morgan fingerprint density at radius 2 is 2.06 bits per heavy atom. The third kappa shape index (κ3) is 4.87. The van der Waals surface area contributed by atoms with Crippen molar-refractivity contribution in [3.63, 3.8) is 0 Å². The predicted molar refractivity (Wildman–Crippen MR) is 64.8 cm³/mol. The van der Waals surface area contributed by atoms with Crippen LogP contribution in [0.25, 0.3) is 0 Å². The minimum atomic E-state index is -0.344. The van der Waals surface area contributed by atoms with Gasteiger partial charge in [-0.05, 0) is 11.6 Å². The summed E-state index contributed by atoms with van der Waals surface area (Å²) in [5, 5.41) is 3.19. The molecule has 0 bridgehead atoms. The van der Waals surface area contributed by atoms with Crippen LogP contribution in [-0.4, -0.2) is 25.5 Å². The van der Waals surface area contributed by atoms with E-state index >= 15 is 0 Å². The van der Waals surface area contributed by atoms with Crippen molar-refractivity contribution in [2.75, 3.05) is 13.7 Å². The molecule has 4 nitrogen and oxygen atoms in total. The maximum Gasteiger partial charge on any atom is 0.307 e. The summed E-state index contributed by atoms with van der Waals surface area (Å²) in [6, 6.07) is 7.16. The van der Waals surface area contributed by atoms with Crippen LogP contribution >= 0.6 is 11.6 Å². The minimum Gasteiger partial charge on any atom is -0.469 e. The first-order chi connectivity index (χ1) is 8.13.